The van der Waals surface area contributed by atoms with Crippen molar-refractivity contribution >= 4 is 45.5 Å². The van der Waals surface area contributed by atoms with E-state index in [1.165, 1.54) is 22.2 Å². The molecular weight excluding hydrogens is 619 g/mol. The third kappa shape index (κ3) is 5.72. The second-order valence-corrected chi connectivity index (χ2v) is 14.5. The summed E-state index contributed by atoms with van der Waals surface area (Å²) in [6.07, 6.45) is 4.62. The zero-order valence-corrected chi connectivity index (χ0v) is 27.6. The molecule has 1 N–H and O–H groups in total. The molecule has 2 aliphatic rings. The molecular formula is C35H37N5O4S2. The number of thiophene rings is 2. The van der Waals surface area contributed by atoms with Crippen molar-refractivity contribution in [2.75, 3.05) is 26.2 Å². The summed E-state index contributed by atoms with van der Waals surface area (Å²) in [5, 5.41) is 16.2. The maximum atomic E-state index is 14.1. The summed E-state index contributed by atoms with van der Waals surface area (Å²) in [4.78, 5) is 51.0. The van der Waals surface area contributed by atoms with Crippen LogP contribution in [-0.4, -0.2) is 72.6 Å². The van der Waals surface area contributed by atoms with Crippen LogP contribution in [0.2, 0.25) is 0 Å². The highest BCUT2D eigenvalue weighted by Gasteiger charge is 2.42. The summed E-state index contributed by atoms with van der Waals surface area (Å²) >= 11 is 3.19. The number of rotatable bonds is 6. The van der Waals surface area contributed by atoms with Gasteiger partial charge < -0.3 is 19.5 Å². The summed E-state index contributed by atoms with van der Waals surface area (Å²) in [5.74, 6) is -0.314. The third-order valence-corrected chi connectivity index (χ3v) is 11.6. The van der Waals surface area contributed by atoms with E-state index in [4.69, 9.17) is 0 Å². The number of likely N-dealkylation sites (tertiary alicyclic amines) is 2. The minimum atomic E-state index is -1.11. The molecule has 11 heteroatoms. The molecule has 0 aliphatic carbocycles. The van der Waals surface area contributed by atoms with Gasteiger partial charge in [-0.15, -0.1) is 11.3 Å². The minimum absolute atomic E-state index is 0.0165. The molecule has 2 amide bonds. The summed E-state index contributed by atoms with van der Waals surface area (Å²) in [6, 6.07) is 15.9. The highest BCUT2D eigenvalue weighted by atomic mass is 32.1. The van der Waals surface area contributed by atoms with Gasteiger partial charge in [0.1, 0.15) is 12.0 Å². The minimum Gasteiger partial charge on any atom is -0.388 e. The average molecular weight is 656 g/mol. The van der Waals surface area contributed by atoms with Crippen molar-refractivity contribution < 1.29 is 14.7 Å². The molecule has 46 heavy (non-hydrogen) atoms. The standard InChI is InChI=1S/C35H37N5O4S2/c1-23-18-29(46-30(23)25-10-17-45-20-25)34(43)39-14-9-26(28(19-39)24-6-4-3-5-7-24)32(41)38-15-11-35(44,12-16-38)21-40-22-36-31-27(33(40)42)8-13-37(31)2/h3-8,10,13,17-18,20,22,26,28,44H,9,11-12,14-16,19,21H2,1-2H3/t26-,28+/m1/s1. The van der Waals surface area contributed by atoms with E-state index in [1.807, 2.05) is 53.2 Å². The number of aliphatic hydroxyl groups is 1. The van der Waals surface area contributed by atoms with Gasteiger partial charge in [-0.2, -0.15) is 11.3 Å². The fraction of sp³-hybridized carbons (Fsp3) is 0.371. The Hall–Kier alpha value is -4.06. The van der Waals surface area contributed by atoms with Crippen LogP contribution in [0.1, 0.15) is 46.0 Å². The Bertz CT molecular complexity index is 1940. The number of carbonyl (C=O) groups is 2. The molecule has 6 heterocycles. The Labute approximate surface area is 275 Å². The van der Waals surface area contributed by atoms with E-state index < -0.39 is 5.60 Å². The van der Waals surface area contributed by atoms with Crippen molar-refractivity contribution in [3.05, 3.63) is 98.2 Å². The summed E-state index contributed by atoms with van der Waals surface area (Å²) in [6.45, 7) is 3.99. The molecule has 9 nitrogen and oxygen atoms in total. The lowest BCUT2D eigenvalue weighted by molar-refractivity contribution is -0.142. The molecule has 0 saturated carbocycles. The van der Waals surface area contributed by atoms with Crippen molar-refractivity contribution in [1.29, 1.82) is 0 Å². The average Bonchev–Trinajstić information content (AvgIpc) is 3.83. The number of piperidine rings is 2. The molecule has 2 fully saturated rings. The zero-order valence-electron chi connectivity index (χ0n) is 26.0. The molecule has 2 atom stereocenters. The van der Waals surface area contributed by atoms with Crippen molar-refractivity contribution in [1.82, 2.24) is 23.9 Å². The first-order valence-corrected chi connectivity index (χ1v) is 17.5. The SMILES string of the molecule is Cc1cc(C(=O)N2CC[C@@H](C(=O)N3CCC(O)(Cn4cnc5c(ccn5C)c4=O)CC3)[C@H](c3ccccc3)C2)sc1-c1ccsc1. The van der Waals surface area contributed by atoms with E-state index in [9.17, 15) is 19.5 Å². The first-order valence-electron chi connectivity index (χ1n) is 15.7. The number of fused-ring (bicyclic) bond motifs is 1. The number of carbonyl (C=O) groups excluding carboxylic acids is 2. The van der Waals surface area contributed by atoms with Crippen LogP contribution >= 0.6 is 22.7 Å². The molecule has 5 aromatic rings. The van der Waals surface area contributed by atoms with Crippen LogP contribution in [0, 0.1) is 12.8 Å². The molecule has 0 spiro atoms. The Morgan fingerprint density at radius 1 is 1.07 bits per heavy atom. The Balaban J connectivity index is 1.05. The number of aryl methyl sites for hydroxylation is 2. The number of benzene rings is 1. The normalized spacial score (nSPS) is 19.9. The molecule has 0 bridgehead atoms. The van der Waals surface area contributed by atoms with Gasteiger partial charge in [-0.1, -0.05) is 30.3 Å². The van der Waals surface area contributed by atoms with Crippen molar-refractivity contribution in [3.63, 3.8) is 0 Å². The Morgan fingerprint density at radius 3 is 2.59 bits per heavy atom. The van der Waals surface area contributed by atoms with Gasteiger partial charge in [0.05, 0.1) is 22.4 Å². The first-order chi connectivity index (χ1) is 22.2. The van der Waals surface area contributed by atoms with Crippen molar-refractivity contribution in [2.24, 2.45) is 13.0 Å². The lowest BCUT2D eigenvalue weighted by Gasteiger charge is -2.43. The highest BCUT2D eigenvalue weighted by molar-refractivity contribution is 7.18. The van der Waals surface area contributed by atoms with Crippen LogP contribution in [0.5, 0.6) is 0 Å². The number of amides is 2. The third-order valence-electron chi connectivity index (χ3n) is 9.68. The molecule has 2 saturated heterocycles. The van der Waals surface area contributed by atoms with E-state index in [1.54, 1.807) is 28.2 Å². The van der Waals surface area contributed by atoms with Gasteiger partial charge in [-0.25, -0.2) is 4.98 Å². The number of aromatic nitrogens is 3. The van der Waals surface area contributed by atoms with Crippen LogP contribution in [0.25, 0.3) is 21.5 Å². The van der Waals surface area contributed by atoms with Gasteiger partial charge in [-0.3, -0.25) is 19.0 Å². The molecule has 238 valence electrons. The second kappa shape index (κ2) is 12.3. The van der Waals surface area contributed by atoms with Crippen LogP contribution in [0.3, 0.4) is 0 Å². The topological polar surface area (TPSA) is 101 Å². The van der Waals surface area contributed by atoms with Gasteiger partial charge in [0, 0.05) is 61.7 Å². The Morgan fingerprint density at radius 2 is 1.85 bits per heavy atom. The van der Waals surface area contributed by atoms with E-state index in [0.29, 0.717) is 56.5 Å². The van der Waals surface area contributed by atoms with Gasteiger partial charge in [0.15, 0.2) is 0 Å². The molecule has 0 unspecified atom stereocenters. The van der Waals surface area contributed by atoms with E-state index in [-0.39, 0.29) is 35.8 Å². The lowest BCUT2D eigenvalue weighted by atomic mass is 9.79. The van der Waals surface area contributed by atoms with Crippen LogP contribution < -0.4 is 5.56 Å². The fourth-order valence-electron chi connectivity index (χ4n) is 7.04. The summed E-state index contributed by atoms with van der Waals surface area (Å²) < 4.78 is 3.28. The van der Waals surface area contributed by atoms with E-state index >= 15 is 0 Å². The molecule has 0 radical (unpaired) electrons. The molecule has 4 aromatic heterocycles. The van der Waals surface area contributed by atoms with Gasteiger partial charge in [0.2, 0.25) is 5.91 Å². The quantitative estimate of drug-likeness (QED) is 0.273. The van der Waals surface area contributed by atoms with Gasteiger partial charge in [-0.05, 0) is 66.3 Å². The predicted octanol–water partition coefficient (Wildman–Crippen LogP) is 5.13. The number of hydrogen-bond donors (Lipinski definition) is 1. The van der Waals surface area contributed by atoms with E-state index in [0.717, 1.165) is 26.4 Å². The lowest BCUT2D eigenvalue weighted by Crippen LogP contribution is -2.53. The predicted molar refractivity (Wildman–Crippen MR) is 181 cm³/mol. The maximum absolute atomic E-state index is 14.1. The van der Waals surface area contributed by atoms with Crippen LogP contribution in [0.4, 0.5) is 0 Å². The second-order valence-electron chi connectivity index (χ2n) is 12.7. The summed E-state index contributed by atoms with van der Waals surface area (Å²) in [5.41, 5.74) is 2.63. The molecule has 7 rings (SSSR count). The van der Waals surface area contributed by atoms with Crippen molar-refractivity contribution in [3.8, 4) is 10.4 Å². The fourth-order valence-corrected chi connectivity index (χ4v) is 8.90. The first kappa shape index (κ1) is 30.6. The number of hydrogen-bond acceptors (Lipinski definition) is 7. The molecule has 1 aromatic carbocycles. The largest absolute Gasteiger partial charge is 0.388 e. The van der Waals surface area contributed by atoms with Crippen molar-refractivity contribution in [2.45, 2.75) is 44.2 Å². The highest BCUT2D eigenvalue weighted by Crippen LogP contribution is 2.38. The monoisotopic (exact) mass is 655 g/mol. The van der Waals surface area contributed by atoms with Gasteiger partial charge >= 0.3 is 0 Å². The molecule has 2 aliphatic heterocycles. The van der Waals surface area contributed by atoms with Gasteiger partial charge in [0.25, 0.3) is 11.5 Å². The Kier molecular flexibility index (Phi) is 8.16. The van der Waals surface area contributed by atoms with Crippen LogP contribution in [-0.2, 0) is 18.4 Å². The summed E-state index contributed by atoms with van der Waals surface area (Å²) in [7, 11) is 1.84. The zero-order chi connectivity index (χ0) is 32.0. The van der Waals surface area contributed by atoms with E-state index in [2.05, 4.69) is 28.7 Å². The smallest absolute Gasteiger partial charge is 0.263 e. The number of nitrogens with zero attached hydrogens (tertiary/aromatic N) is 5. The maximum Gasteiger partial charge on any atom is 0.263 e. The van der Waals surface area contributed by atoms with Crippen LogP contribution in [0.15, 0.2) is 76.6 Å².